The van der Waals surface area contributed by atoms with Crippen LogP contribution < -0.4 is 9.62 Å². The number of carbonyl (C=O) groups excluding carboxylic acids is 2. The van der Waals surface area contributed by atoms with Gasteiger partial charge >= 0.3 is 6.18 Å². The summed E-state index contributed by atoms with van der Waals surface area (Å²) in [7, 11) is -4.55. The van der Waals surface area contributed by atoms with Crippen LogP contribution in [0, 0.1) is 5.82 Å². The number of hydrogen-bond acceptors (Lipinski definition) is 4. The average Bonchev–Trinajstić information content (AvgIpc) is 2.99. The van der Waals surface area contributed by atoms with Crippen molar-refractivity contribution in [2.24, 2.45) is 0 Å². The fraction of sp³-hybridized carbons (Fsp3) is 0.355. The summed E-state index contributed by atoms with van der Waals surface area (Å²) in [6.07, 6.45) is -0.274. The van der Waals surface area contributed by atoms with Gasteiger partial charge in [0.05, 0.1) is 16.1 Å². The molecule has 7 nitrogen and oxygen atoms in total. The maximum Gasteiger partial charge on any atom is 0.416 e. The number of carbonyl (C=O) groups is 2. The zero-order chi connectivity index (χ0) is 31.2. The van der Waals surface area contributed by atoms with E-state index >= 15 is 0 Å². The number of rotatable bonds is 10. The minimum atomic E-state index is -4.77. The zero-order valence-electron chi connectivity index (χ0n) is 23.6. The summed E-state index contributed by atoms with van der Waals surface area (Å²) >= 11 is 0. The molecule has 3 aromatic carbocycles. The molecule has 4 rings (SSSR count). The van der Waals surface area contributed by atoms with E-state index in [1.165, 1.54) is 49.4 Å². The van der Waals surface area contributed by atoms with E-state index in [2.05, 4.69) is 5.32 Å². The molecule has 0 aromatic heterocycles. The first-order valence-electron chi connectivity index (χ1n) is 14.0. The summed E-state index contributed by atoms with van der Waals surface area (Å²) in [6, 6.07) is 15.1. The van der Waals surface area contributed by atoms with Crippen molar-refractivity contribution in [3.05, 3.63) is 95.8 Å². The number of anilines is 1. The number of benzene rings is 3. The Morgan fingerprint density at radius 3 is 2.23 bits per heavy atom. The largest absolute Gasteiger partial charge is 0.416 e. The van der Waals surface area contributed by atoms with Gasteiger partial charge in [-0.3, -0.25) is 13.9 Å². The SMILES string of the molecule is C[C@@H](C(=O)NC1CCCCC1)N(Cc1ccccc1F)C(=O)CN(c1cccc(C(F)(F)F)c1)S(=O)(=O)c1ccccc1. The normalized spacial score (nSPS) is 15.0. The monoisotopic (exact) mass is 619 g/mol. The molecule has 0 bridgehead atoms. The smallest absolute Gasteiger partial charge is 0.352 e. The lowest BCUT2D eigenvalue weighted by Gasteiger charge is -2.33. The van der Waals surface area contributed by atoms with Crippen LogP contribution in [0.25, 0.3) is 0 Å². The lowest BCUT2D eigenvalue weighted by atomic mass is 9.95. The summed E-state index contributed by atoms with van der Waals surface area (Å²) in [5.74, 6) is -2.02. The molecule has 0 heterocycles. The van der Waals surface area contributed by atoms with Gasteiger partial charge in [0.2, 0.25) is 11.8 Å². The second-order valence-corrected chi connectivity index (χ2v) is 12.4. The van der Waals surface area contributed by atoms with Gasteiger partial charge < -0.3 is 10.2 Å². The Hall–Kier alpha value is -3.93. The van der Waals surface area contributed by atoms with Crippen molar-refractivity contribution in [2.45, 2.75) is 68.7 Å². The number of sulfonamides is 1. The van der Waals surface area contributed by atoms with Crippen LogP contribution in [0.1, 0.15) is 50.2 Å². The van der Waals surface area contributed by atoms with Crippen LogP contribution >= 0.6 is 0 Å². The fourth-order valence-electron chi connectivity index (χ4n) is 5.05. The molecule has 3 aromatic rings. The maximum absolute atomic E-state index is 14.7. The summed E-state index contributed by atoms with van der Waals surface area (Å²) < 4.78 is 83.6. The molecule has 0 unspecified atom stereocenters. The van der Waals surface area contributed by atoms with Crippen LogP contribution in [0.3, 0.4) is 0 Å². The highest BCUT2D eigenvalue weighted by Gasteiger charge is 2.35. The molecule has 1 aliphatic rings. The number of halogens is 4. The molecule has 1 saturated carbocycles. The first-order chi connectivity index (χ1) is 20.4. The minimum absolute atomic E-state index is 0.0877. The molecule has 0 spiro atoms. The molecule has 1 N–H and O–H groups in total. The Bertz CT molecular complexity index is 1530. The first-order valence-corrected chi connectivity index (χ1v) is 15.4. The van der Waals surface area contributed by atoms with Crippen molar-refractivity contribution >= 4 is 27.5 Å². The van der Waals surface area contributed by atoms with Crippen LogP contribution in [0.5, 0.6) is 0 Å². The second-order valence-electron chi connectivity index (χ2n) is 10.5. The highest BCUT2D eigenvalue weighted by molar-refractivity contribution is 7.92. The molecule has 0 aliphatic heterocycles. The summed E-state index contributed by atoms with van der Waals surface area (Å²) in [4.78, 5) is 28.0. The van der Waals surface area contributed by atoms with Gasteiger partial charge in [-0.1, -0.05) is 61.7 Å². The molecular weight excluding hydrogens is 586 g/mol. The Morgan fingerprint density at radius 1 is 0.930 bits per heavy atom. The molecule has 0 radical (unpaired) electrons. The van der Waals surface area contributed by atoms with Crippen LogP contribution in [0.4, 0.5) is 23.2 Å². The summed E-state index contributed by atoms with van der Waals surface area (Å²) in [6.45, 7) is 0.151. The van der Waals surface area contributed by atoms with Crippen molar-refractivity contribution in [1.29, 1.82) is 0 Å². The molecule has 230 valence electrons. The van der Waals surface area contributed by atoms with Crippen molar-refractivity contribution in [3.8, 4) is 0 Å². The van der Waals surface area contributed by atoms with Crippen LogP contribution in [0.15, 0.2) is 83.8 Å². The Balaban J connectivity index is 1.72. The standard InChI is InChI=1S/C31H33F4N3O4S/c1-22(30(40)36-25-13-4-2-5-14-25)37(20-23-11-8-9-18-28(23)32)29(39)21-38(43(41,42)27-16-6-3-7-17-27)26-15-10-12-24(19-26)31(33,34)35/h3,6-12,15-19,22,25H,2,4-5,13-14,20-21H2,1H3,(H,36,40)/t22-/m0/s1. The Morgan fingerprint density at radius 2 is 1.58 bits per heavy atom. The molecule has 2 amide bonds. The van der Waals surface area contributed by atoms with Crippen LogP contribution in [0.2, 0.25) is 0 Å². The van der Waals surface area contributed by atoms with Gasteiger partial charge in [0, 0.05) is 18.2 Å². The van der Waals surface area contributed by atoms with Gasteiger partial charge in [-0.15, -0.1) is 0 Å². The molecule has 43 heavy (non-hydrogen) atoms. The van der Waals surface area contributed by atoms with Gasteiger partial charge in [-0.25, -0.2) is 12.8 Å². The average molecular weight is 620 g/mol. The van der Waals surface area contributed by atoms with E-state index in [0.29, 0.717) is 10.4 Å². The third-order valence-corrected chi connectivity index (χ3v) is 9.28. The van der Waals surface area contributed by atoms with E-state index in [1.807, 2.05) is 0 Å². The highest BCUT2D eigenvalue weighted by atomic mass is 32.2. The van der Waals surface area contributed by atoms with E-state index in [0.717, 1.165) is 55.2 Å². The zero-order valence-corrected chi connectivity index (χ0v) is 24.4. The van der Waals surface area contributed by atoms with Crippen LogP contribution in [-0.2, 0) is 32.3 Å². The number of hydrogen-bond donors (Lipinski definition) is 1. The van der Waals surface area contributed by atoms with E-state index in [-0.39, 0.29) is 23.0 Å². The third kappa shape index (κ3) is 7.92. The summed E-state index contributed by atoms with van der Waals surface area (Å²) in [5.41, 5.74) is -1.41. The Labute approximate surface area is 248 Å². The molecule has 1 fully saturated rings. The van der Waals surface area contributed by atoms with E-state index in [1.54, 1.807) is 12.1 Å². The number of nitrogens with one attached hydrogen (secondary N) is 1. The minimum Gasteiger partial charge on any atom is -0.352 e. The number of amides is 2. The van der Waals surface area contributed by atoms with Crippen molar-refractivity contribution in [1.82, 2.24) is 10.2 Å². The molecule has 0 saturated heterocycles. The molecule has 1 aliphatic carbocycles. The summed E-state index contributed by atoms with van der Waals surface area (Å²) in [5, 5.41) is 2.94. The fourth-order valence-corrected chi connectivity index (χ4v) is 6.47. The topological polar surface area (TPSA) is 86.8 Å². The maximum atomic E-state index is 14.7. The number of nitrogens with zero attached hydrogens (tertiary/aromatic N) is 2. The first kappa shape index (κ1) is 32.0. The van der Waals surface area contributed by atoms with Gasteiger partial charge in [-0.05, 0) is 56.2 Å². The van der Waals surface area contributed by atoms with E-state index in [9.17, 15) is 35.6 Å². The van der Waals surface area contributed by atoms with Gasteiger partial charge in [0.25, 0.3) is 10.0 Å². The van der Waals surface area contributed by atoms with Crippen molar-refractivity contribution < 1.29 is 35.6 Å². The van der Waals surface area contributed by atoms with E-state index in [4.69, 9.17) is 0 Å². The third-order valence-electron chi connectivity index (χ3n) is 7.49. The quantitative estimate of drug-likeness (QED) is 0.286. The lowest BCUT2D eigenvalue weighted by Crippen LogP contribution is -2.53. The second kappa shape index (κ2) is 13.6. The predicted molar refractivity (Wildman–Crippen MR) is 154 cm³/mol. The lowest BCUT2D eigenvalue weighted by molar-refractivity contribution is -0.139. The van der Waals surface area contributed by atoms with E-state index < -0.39 is 57.7 Å². The van der Waals surface area contributed by atoms with Gasteiger partial charge in [0.1, 0.15) is 18.4 Å². The molecule has 1 atom stereocenters. The van der Waals surface area contributed by atoms with Crippen molar-refractivity contribution in [2.75, 3.05) is 10.8 Å². The van der Waals surface area contributed by atoms with Gasteiger partial charge in [0.15, 0.2) is 0 Å². The molecule has 12 heteroatoms. The Kier molecular flexibility index (Phi) is 10.1. The van der Waals surface area contributed by atoms with Gasteiger partial charge in [-0.2, -0.15) is 13.2 Å². The van der Waals surface area contributed by atoms with Crippen LogP contribution in [-0.4, -0.2) is 43.8 Å². The molecular formula is C31H33F4N3O4S. The van der Waals surface area contributed by atoms with Crippen molar-refractivity contribution in [3.63, 3.8) is 0 Å². The number of alkyl halides is 3. The predicted octanol–water partition coefficient (Wildman–Crippen LogP) is 5.91. The highest BCUT2D eigenvalue weighted by Crippen LogP contribution is 2.33.